The molecule has 10 heteroatoms. The van der Waals surface area contributed by atoms with E-state index >= 15 is 0 Å². The zero-order valence-electron chi connectivity index (χ0n) is 50.3. The minimum absolute atomic E-state index is 0.0238. The van der Waals surface area contributed by atoms with E-state index in [1.165, 1.54) is 193 Å². The van der Waals surface area contributed by atoms with E-state index in [0.717, 1.165) is 70.6 Å². The lowest BCUT2D eigenvalue weighted by Gasteiger charge is -2.30. The van der Waals surface area contributed by atoms with Crippen molar-refractivity contribution in [1.82, 2.24) is 5.32 Å². The van der Waals surface area contributed by atoms with Crippen molar-refractivity contribution >= 4 is 19.7 Å². The first-order chi connectivity index (χ1) is 36.4. The molecule has 1 amide bonds. The predicted octanol–water partition coefficient (Wildman–Crippen LogP) is 19.0. The largest absolute Gasteiger partial charge is 0.756 e. The lowest BCUT2D eigenvalue weighted by molar-refractivity contribution is -0.870. The van der Waals surface area contributed by atoms with Crippen LogP contribution in [-0.2, 0) is 27.9 Å². The van der Waals surface area contributed by atoms with Crippen molar-refractivity contribution in [2.45, 2.75) is 315 Å². The molecule has 0 fully saturated rings. The van der Waals surface area contributed by atoms with Gasteiger partial charge in [-0.3, -0.25) is 14.2 Å². The molecule has 0 spiro atoms. The summed E-state index contributed by atoms with van der Waals surface area (Å²) in [4.78, 5) is 40.0. The molecule has 0 heterocycles. The van der Waals surface area contributed by atoms with Gasteiger partial charge in [0.2, 0.25) is 5.91 Å². The van der Waals surface area contributed by atoms with Crippen molar-refractivity contribution in [2.75, 3.05) is 40.9 Å². The minimum atomic E-state index is -4.70. The molecule has 0 aromatic rings. The average molecular weight is 1080 g/mol. The lowest BCUT2D eigenvalue weighted by Crippen LogP contribution is -2.47. The van der Waals surface area contributed by atoms with E-state index in [2.05, 4.69) is 62.5 Å². The van der Waals surface area contributed by atoms with Crippen LogP contribution in [0.3, 0.4) is 0 Å². The molecule has 0 aromatic heterocycles. The van der Waals surface area contributed by atoms with Crippen LogP contribution >= 0.6 is 7.82 Å². The molecule has 0 aliphatic rings. The molecule has 1 N–H and O–H groups in total. The number of hydrogen-bond donors (Lipinski definition) is 1. The molecular formula is C65H123N2O7P. The summed E-state index contributed by atoms with van der Waals surface area (Å²) in [7, 11) is 1.18. The van der Waals surface area contributed by atoms with Gasteiger partial charge in [-0.2, -0.15) is 0 Å². The van der Waals surface area contributed by atoms with E-state index in [1.54, 1.807) is 0 Å². The number of allylic oxidation sites excluding steroid dienone is 7. The topological polar surface area (TPSA) is 114 Å². The molecule has 0 aromatic carbocycles. The highest BCUT2D eigenvalue weighted by Gasteiger charge is 2.27. The highest BCUT2D eigenvalue weighted by Crippen LogP contribution is 2.38. The van der Waals surface area contributed by atoms with Gasteiger partial charge in [0.05, 0.1) is 33.8 Å². The van der Waals surface area contributed by atoms with E-state index in [1.807, 2.05) is 33.3 Å². The summed E-state index contributed by atoms with van der Waals surface area (Å²) in [5.74, 6) is -0.551. The van der Waals surface area contributed by atoms with Crippen molar-refractivity contribution in [1.29, 1.82) is 0 Å². The standard InChI is InChI=1S/C65H123N2O7P/c1-7-10-13-16-19-22-25-28-30-31-32-33-34-35-36-37-38-39-42-45-48-51-54-57-64(68)66-62(61-73-75(70,71)72-60-59-67(4,5)6)63(56-53-50-47-44-41-27-24-21-18-15-12-9-3)74-65(69)58-55-52-49-46-43-40-29-26-23-20-17-14-11-8-2/h19,22,28,30,40,43,53,56,62-63H,7-18,20-21,23-27,29,31-39,41-42,44-52,54-55,57-61H2,1-6H3,(H-,66,68,70,71)/b22-19-,30-28-,43-40-,56-53-. The Hall–Kier alpha value is -2.03. The number of carbonyl (C=O) groups excluding carboxylic acids is 2. The first-order valence-corrected chi connectivity index (χ1v) is 33.4. The number of carbonyl (C=O) groups is 2. The quantitative estimate of drug-likeness (QED) is 0.0212. The van der Waals surface area contributed by atoms with Gasteiger partial charge in [-0.25, -0.2) is 0 Å². The maximum absolute atomic E-state index is 13.5. The second-order valence-electron chi connectivity index (χ2n) is 22.9. The summed E-state index contributed by atoms with van der Waals surface area (Å²) < 4.78 is 30.3. The van der Waals surface area contributed by atoms with Gasteiger partial charge in [0.15, 0.2) is 0 Å². The van der Waals surface area contributed by atoms with Gasteiger partial charge in [0.25, 0.3) is 7.82 Å². The highest BCUT2D eigenvalue weighted by atomic mass is 31.2. The summed E-state index contributed by atoms with van der Waals surface area (Å²) in [6.45, 7) is 6.83. The van der Waals surface area contributed by atoms with E-state index in [0.29, 0.717) is 23.9 Å². The van der Waals surface area contributed by atoms with Crippen LogP contribution in [0.4, 0.5) is 0 Å². The minimum Gasteiger partial charge on any atom is -0.756 e. The summed E-state index contributed by atoms with van der Waals surface area (Å²) in [6.07, 6.45) is 67.9. The van der Waals surface area contributed by atoms with Gasteiger partial charge in [-0.15, -0.1) is 0 Å². The number of nitrogens with one attached hydrogen (secondary N) is 1. The molecule has 9 nitrogen and oxygen atoms in total. The molecule has 3 unspecified atom stereocenters. The van der Waals surface area contributed by atoms with Crippen LogP contribution in [0.15, 0.2) is 48.6 Å². The Morgan fingerprint density at radius 3 is 1.25 bits per heavy atom. The number of phosphoric acid groups is 1. The molecule has 3 atom stereocenters. The third-order valence-corrected chi connectivity index (χ3v) is 15.2. The first-order valence-electron chi connectivity index (χ1n) is 31.9. The zero-order valence-corrected chi connectivity index (χ0v) is 51.2. The third kappa shape index (κ3) is 56.5. The predicted molar refractivity (Wildman–Crippen MR) is 321 cm³/mol. The lowest BCUT2D eigenvalue weighted by atomic mass is 10.0. The number of quaternary nitrogens is 1. The monoisotopic (exact) mass is 1070 g/mol. The third-order valence-electron chi connectivity index (χ3n) is 14.2. The van der Waals surface area contributed by atoms with Crippen molar-refractivity contribution in [3.8, 4) is 0 Å². The van der Waals surface area contributed by atoms with Crippen LogP contribution < -0.4 is 10.2 Å². The normalized spacial score (nSPS) is 14.0. The highest BCUT2D eigenvalue weighted by molar-refractivity contribution is 7.45. The molecule has 0 aliphatic carbocycles. The van der Waals surface area contributed by atoms with Gasteiger partial charge < -0.3 is 28.5 Å². The smallest absolute Gasteiger partial charge is 0.306 e. The molecule has 0 aliphatic heterocycles. The Morgan fingerprint density at radius 2 is 0.813 bits per heavy atom. The van der Waals surface area contributed by atoms with Crippen LogP contribution in [0, 0.1) is 0 Å². The number of ether oxygens (including phenoxy) is 1. The van der Waals surface area contributed by atoms with Gasteiger partial charge in [-0.05, 0) is 89.5 Å². The summed E-state index contributed by atoms with van der Waals surface area (Å²) >= 11 is 0. The number of esters is 1. The number of nitrogens with zero attached hydrogens (tertiary/aromatic N) is 1. The molecular weight excluding hydrogens is 952 g/mol. The van der Waals surface area contributed by atoms with Gasteiger partial charge in [0, 0.05) is 12.8 Å². The van der Waals surface area contributed by atoms with Crippen LogP contribution in [0.25, 0.3) is 0 Å². The van der Waals surface area contributed by atoms with E-state index < -0.39 is 26.6 Å². The average Bonchev–Trinajstić information content (AvgIpc) is 3.37. The summed E-state index contributed by atoms with van der Waals surface area (Å²) in [5.41, 5.74) is 0. The van der Waals surface area contributed by atoms with E-state index in [9.17, 15) is 19.0 Å². The second kappa shape index (κ2) is 55.3. The number of hydrogen-bond acceptors (Lipinski definition) is 7. The Kier molecular flexibility index (Phi) is 53.8. The Morgan fingerprint density at radius 1 is 0.467 bits per heavy atom. The Bertz CT molecular complexity index is 1420. The molecule has 0 radical (unpaired) electrons. The summed E-state index contributed by atoms with van der Waals surface area (Å²) in [6, 6.07) is -0.893. The van der Waals surface area contributed by atoms with Gasteiger partial charge >= 0.3 is 5.97 Å². The molecule has 0 bridgehead atoms. The number of phosphoric ester groups is 1. The number of likely N-dealkylation sites (N-methyl/N-ethyl adjacent to an activating group) is 1. The number of amides is 1. The van der Waals surface area contributed by atoms with Crippen molar-refractivity contribution < 1.29 is 37.3 Å². The van der Waals surface area contributed by atoms with Gasteiger partial charge in [-0.1, -0.05) is 250 Å². The van der Waals surface area contributed by atoms with Crippen molar-refractivity contribution in [2.24, 2.45) is 0 Å². The number of rotatable bonds is 58. The molecule has 0 saturated heterocycles. The first kappa shape index (κ1) is 73.0. The fraction of sp³-hybridized carbons (Fsp3) is 0.846. The fourth-order valence-corrected chi connectivity index (χ4v) is 9.98. The van der Waals surface area contributed by atoms with Crippen molar-refractivity contribution in [3.63, 3.8) is 0 Å². The maximum Gasteiger partial charge on any atom is 0.306 e. The number of unbranched alkanes of at least 4 members (excludes halogenated alkanes) is 36. The molecule has 0 rings (SSSR count). The van der Waals surface area contributed by atoms with Crippen LogP contribution in [-0.4, -0.2) is 69.4 Å². The van der Waals surface area contributed by atoms with Crippen LogP contribution in [0.1, 0.15) is 303 Å². The molecule has 440 valence electrons. The molecule has 0 saturated carbocycles. The molecule has 75 heavy (non-hydrogen) atoms. The second-order valence-corrected chi connectivity index (χ2v) is 24.3. The van der Waals surface area contributed by atoms with Crippen LogP contribution in [0.5, 0.6) is 0 Å². The van der Waals surface area contributed by atoms with Gasteiger partial charge in [0.1, 0.15) is 19.3 Å². The maximum atomic E-state index is 13.5. The Labute approximate surface area is 465 Å². The Balaban J connectivity index is 5.15. The van der Waals surface area contributed by atoms with E-state index in [4.69, 9.17) is 13.8 Å². The van der Waals surface area contributed by atoms with Crippen LogP contribution in [0.2, 0.25) is 0 Å². The SMILES string of the molecule is CCCCC/C=C\C/C=C\CCCCCCCCCCCCCCCC(=O)NC(COP(=O)([O-])OCC[N+](C)(C)C)C(/C=C\CCCCCCCCCCCC)OC(=O)CCCCC/C=C\CCCCCCCCC. The fourth-order valence-electron chi connectivity index (χ4n) is 9.25. The summed E-state index contributed by atoms with van der Waals surface area (Å²) in [5, 5.41) is 3.03. The zero-order chi connectivity index (χ0) is 55.0. The van der Waals surface area contributed by atoms with E-state index in [-0.39, 0.29) is 24.9 Å². The van der Waals surface area contributed by atoms with Crippen molar-refractivity contribution in [3.05, 3.63) is 48.6 Å².